The molecule has 0 unspecified atom stereocenters. The van der Waals surface area contributed by atoms with Crippen LogP contribution >= 0.6 is 0 Å². The van der Waals surface area contributed by atoms with Crippen molar-refractivity contribution in [2.24, 2.45) is 0 Å². The van der Waals surface area contributed by atoms with Gasteiger partial charge >= 0.3 is 0 Å². The molecule has 0 radical (unpaired) electrons. The van der Waals surface area contributed by atoms with E-state index in [2.05, 4.69) is 5.32 Å². The lowest BCUT2D eigenvalue weighted by atomic mass is 10.1. The largest absolute Gasteiger partial charge is 0.497 e. The van der Waals surface area contributed by atoms with E-state index in [1.165, 1.54) is 4.90 Å². The molecule has 0 aliphatic heterocycles. The zero-order valence-electron chi connectivity index (χ0n) is 20.8. The third-order valence-corrected chi connectivity index (χ3v) is 6.56. The van der Waals surface area contributed by atoms with E-state index in [1.54, 1.807) is 31.4 Å². The van der Waals surface area contributed by atoms with Gasteiger partial charge in [-0.05, 0) is 68.1 Å². The van der Waals surface area contributed by atoms with Gasteiger partial charge in [-0.15, -0.1) is 0 Å². The number of amides is 2. The number of hydrogen-bond acceptors (Lipinski definition) is 5. The number of benzene rings is 2. The highest BCUT2D eigenvalue weighted by Crippen LogP contribution is 2.23. The highest BCUT2D eigenvalue weighted by atomic mass is 32.2. The molecule has 0 saturated heterocycles. The molecule has 2 aromatic carbocycles. The number of nitrogens with zero attached hydrogens (tertiary/aromatic N) is 2. The maximum atomic E-state index is 13.6. The Balaban J connectivity index is 2.45. The Labute approximate surface area is 202 Å². The van der Waals surface area contributed by atoms with Crippen molar-refractivity contribution in [3.05, 3.63) is 59.2 Å². The van der Waals surface area contributed by atoms with Crippen LogP contribution in [0.15, 0.2) is 42.5 Å². The molecule has 0 aromatic heterocycles. The quantitative estimate of drug-likeness (QED) is 0.523. The molecule has 0 spiro atoms. The summed E-state index contributed by atoms with van der Waals surface area (Å²) in [6.07, 6.45) is 1.46. The molecule has 0 saturated carbocycles. The van der Waals surface area contributed by atoms with Crippen molar-refractivity contribution in [2.75, 3.05) is 30.8 Å². The Hall–Kier alpha value is -3.07. The SMILES string of the molecule is CCNC(=O)[C@@H](CC)N(Cc1ccc(OC)cc1)C(=O)CN(c1cc(C)cc(C)c1)S(C)(=O)=O. The highest BCUT2D eigenvalue weighted by molar-refractivity contribution is 7.92. The maximum absolute atomic E-state index is 13.6. The molecule has 2 amide bonds. The van der Waals surface area contributed by atoms with Gasteiger partial charge in [-0.25, -0.2) is 8.42 Å². The van der Waals surface area contributed by atoms with Crippen molar-refractivity contribution < 1.29 is 22.7 Å². The lowest BCUT2D eigenvalue weighted by Crippen LogP contribution is -2.52. The fourth-order valence-electron chi connectivity index (χ4n) is 3.85. The molecular weight excluding hydrogens is 454 g/mol. The molecule has 1 N–H and O–H groups in total. The monoisotopic (exact) mass is 489 g/mol. The first-order valence-corrected chi connectivity index (χ1v) is 13.1. The summed E-state index contributed by atoms with van der Waals surface area (Å²) in [5, 5.41) is 2.78. The first-order valence-electron chi connectivity index (χ1n) is 11.3. The first-order chi connectivity index (χ1) is 16.0. The van der Waals surface area contributed by atoms with Gasteiger partial charge in [0.25, 0.3) is 0 Å². The summed E-state index contributed by atoms with van der Waals surface area (Å²) in [7, 11) is -2.19. The lowest BCUT2D eigenvalue weighted by Gasteiger charge is -2.33. The zero-order chi connectivity index (χ0) is 25.5. The number of sulfonamides is 1. The standard InChI is InChI=1S/C25H35N3O5S/c1-7-23(25(30)26-8-2)27(16-20-9-11-22(33-5)12-10-20)24(29)17-28(34(6,31)32)21-14-18(3)13-19(4)15-21/h9-15,23H,7-8,16-17H2,1-6H3,(H,26,30)/t23-/m1/s1. The number of carbonyl (C=O) groups excluding carboxylic acids is 2. The van der Waals surface area contributed by atoms with E-state index >= 15 is 0 Å². The second-order valence-corrected chi connectivity index (χ2v) is 10.2. The lowest BCUT2D eigenvalue weighted by molar-refractivity contribution is -0.140. The first kappa shape index (κ1) is 27.2. The van der Waals surface area contributed by atoms with Crippen molar-refractivity contribution in [3.63, 3.8) is 0 Å². The highest BCUT2D eigenvalue weighted by Gasteiger charge is 2.31. The molecule has 2 aromatic rings. The van der Waals surface area contributed by atoms with Crippen molar-refractivity contribution in [3.8, 4) is 5.75 Å². The fraction of sp³-hybridized carbons (Fsp3) is 0.440. The minimum atomic E-state index is -3.76. The molecule has 0 fully saturated rings. The summed E-state index contributed by atoms with van der Waals surface area (Å²) in [6.45, 7) is 7.56. The van der Waals surface area contributed by atoms with Crippen LogP contribution in [0.25, 0.3) is 0 Å². The van der Waals surface area contributed by atoms with E-state index < -0.39 is 28.5 Å². The van der Waals surface area contributed by atoms with Crippen molar-refractivity contribution in [2.45, 2.75) is 46.7 Å². The van der Waals surface area contributed by atoms with Crippen LogP contribution in [0.2, 0.25) is 0 Å². The normalized spacial score (nSPS) is 12.1. The molecular formula is C25H35N3O5S. The van der Waals surface area contributed by atoms with Gasteiger partial charge in [0.1, 0.15) is 18.3 Å². The summed E-state index contributed by atoms with van der Waals surface area (Å²) < 4.78 is 31.7. The predicted molar refractivity (Wildman–Crippen MR) is 134 cm³/mol. The van der Waals surface area contributed by atoms with Crippen LogP contribution in [0.4, 0.5) is 5.69 Å². The molecule has 0 aliphatic carbocycles. The van der Waals surface area contributed by atoms with E-state index in [4.69, 9.17) is 4.74 Å². The van der Waals surface area contributed by atoms with Crippen LogP contribution in [0, 0.1) is 13.8 Å². The number of aryl methyl sites for hydroxylation is 2. The van der Waals surface area contributed by atoms with Gasteiger partial charge in [0.05, 0.1) is 19.1 Å². The number of methoxy groups -OCH3 is 1. The van der Waals surface area contributed by atoms with Crippen LogP contribution in [0.1, 0.15) is 37.0 Å². The number of nitrogens with one attached hydrogen (secondary N) is 1. The number of likely N-dealkylation sites (N-methyl/N-ethyl adjacent to an activating group) is 1. The molecule has 8 nitrogen and oxygen atoms in total. The molecule has 0 aliphatic rings. The van der Waals surface area contributed by atoms with Gasteiger partial charge in [-0.2, -0.15) is 0 Å². The Morgan fingerprint density at radius 3 is 2.09 bits per heavy atom. The van der Waals surface area contributed by atoms with Crippen LogP contribution in [0.5, 0.6) is 5.75 Å². The van der Waals surface area contributed by atoms with Crippen molar-refractivity contribution in [1.82, 2.24) is 10.2 Å². The van der Waals surface area contributed by atoms with Gasteiger partial charge in [-0.3, -0.25) is 13.9 Å². The molecule has 186 valence electrons. The topological polar surface area (TPSA) is 96.0 Å². The number of hydrogen-bond donors (Lipinski definition) is 1. The Kier molecular flexibility index (Phi) is 9.49. The smallest absolute Gasteiger partial charge is 0.244 e. The zero-order valence-corrected chi connectivity index (χ0v) is 21.6. The molecule has 0 bridgehead atoms. The minimum Gasteiger partial charge on any atom is -0.497 e. The Bertz CT molecular complexity index is 1080. The molecule has 34 heavy (non-hydrogen) atoms. The van der Waals surface area contributed by atoms with Gasteiger partial charge < -0.3 is 15.0 Å². The molecule has 2 rings (SSSR count). The number of ether oxygens (including phenoxy) is 1. The van der Waals surface area contributed by atoms with Gasteiger partial charge in [0.2, 0.25) is 21.8 Å². The summed E-state index contributed by atoms with van der Waals surface area (Å²) in [5.41, 5.74) is 3.00. The number of carbonyl (C=O) groups is 2. The van der Waals surface area contributed by atoms with Gasteiger partial charge in [-0.1, -0.05) is 25.1 Å². The predicted octanol–water partition coefficient (Wildman–Crippen LogP) is 3.02. The van der Waals surface area contributed by atoms with Crippen LogP contribution in [-0.2, 0) is 26.2 Å². The summed E-state index contributed by atoms with van der Waals surface area (Å²) in [5.74, 6) is -0.0573. The van der Waals surface area contributed by atoms with Crippen LogP contribution in [0.3, 0.4) is 0 Å². The van der Waals surface area contributed by atoms with Gasteiger partial charge in [0.15, 0.2) is 0 Å². The third kappa shape index (κ3) is 7.21. The average molecular weight is 490 g/mol. The van der Waals surface area contributed by atoms with Crippen molar-refractivity contribution >= 4 is 27.5 Å². The summed E-state index contributed by atoms with van der Waals surface area (Å²) in [4.78, 5) is 27.8. The number of anilines is 1. The summed E-state index contributed by atoms with van der Waals surface area (Å²) in [6, 6.07) is 11.9. The van der Waals surface area contributed by atoms with Crippen molar-refractivity contribution in [1.29, 1.82) is 0 Å². The van der Waals surface area contributed by atoms with E-state index in [0.29, 0.717) is 24.4 Å². The third-order valence-electron chi connectivity index (χ3n) is 5.42. The van der Waals surface area contributed by atoms with E-state index in [9.17, 15) is 18.0 Å². The minimum absolute atomic E-state index is 0.156. The Morgan fingerprint density at radius 2 is 1.62 bits per heavy atom. The fourth-order valence-corrected chi connectivity index (χ4v) is 4.68. The maximum Gasteiger partial charge on any atom is 0.244 e. The van der Waals surface area contributed by atoms with Crippen LogP contribution < -0.4 is 14.4 Å². The Morgan fingerprint density at radius 1 is 1.03 bits per heavy atom. The average Bonchev–Trinajstić information content (AvgIpc) is 2.76. The molecule has 9 heteroatoms. The van der Waals surface area contributed by atoms with E-state index in [0.717, 1.165) is 27.3 Å². The van der Waals surface area contributed by atoms with E-state index in [1.807, 2.05) is 45.9 Å². The second-order valence-electron chi connectivity index (χ2n) is 8.30. The molecule has 1 atom stereocenters. The second kappa shape index (κ2) is 11.9. The molecule has 0 heterocycles. The van der Waals surface area contributed by atoms with E-state index in [-0.39, 0.29) is 12.5 Å². The number of rotatable bonds is 11. The van der Waals surface area contributed by atoms with Gasteiger partial charge in [0, 0.05) is 13.1 Å². The summed E-state index contributed by atoms with van der Waals surface area (Å²) >= 11 is 0. The van der Waals surface area contributed by atoms with Crippen LogP contribution in [-0.4, -0.2) is 57.6 Å².